The van der Waals surface area contributed by atoms with Gasteiger partial charge in [0.15, 0.2) is 11.4 Å². The number of fused-ring (bicyclic) bond motifs is 5. The van der Waals surface area contributed by atoms with Crippen LogP contribution in [0.15, 0.2) is 23.8 Å². The van der Waals surface area contributed by atoms with E-state index in [1.54, 1.807) is 12.2 Å². The molecule has 0 spiro atoms. The van der Waals surface area contributed by atoms with E-state index in [9.17, 15) is 24.9 Å². The minimum absolute atomic E-state index is 0.00573. The quantitative estimate of drug-likeness (QED) is 0.566. The van der Waals surface area contributed by atoms with Gasteiger partial charge in [0.25, 0.3) is 5.91 Å². The fourth-order valence-electron chi connectivity index (χ4n) is 7.33. The summed E-state index contributed by atoms with van der Waals surface area (Å²) in [5.41, 5.74) is 1.56. The normalized spacial score (nSPS) is 49.5. The zero-order chi connectivity index (χ0) is 20.7. The Hall–Kier alpha value is -1.50. The third-order valence-corrected chi connectivity index (χ3v) is 8.93. The Morgan fingerprint density at radius 2 is 2.00 bits per heavy atom. The van der Waals surface area contributed by atoms with Crippen LogP contribution in [0.2, 0.25) is 0 Å². The second kappa shape index (κ2) is 5.77. The highest BCUT2D eigenvalue weighted by molar-refractivity contribution is 6.01. The van der Waals surface area contributed by atoms with Crippen molar-refractivity contribution in [3.05, 3.63) is 23.8 Å². The van der Waals surface area contributed by atoms with Gasteiger partial charge in [0.2, 0.25) is 0 Å². The van der Waals surface area contributed by atoms with E-state index < -0.39 is 28.6 Å². The minimum atomic E-state index is -2.07. The number of nitrogens with two attached hydrogens (primary N) is 1. The average molecular weight is 389 g/mol. The van der Waals surface area contributed by atoms with Crippen LogP contribution in [0.4, 0.5) is 0 Å². The average Bonchev–Trinajstić information content (AvgIpc) is 2.87. The molecule has 154 valence electrons. The van der Waals surface area contributed by atoms with Crippen LogP contribution in [0.3, 0.4) is 0 Å². The van der Waals surface area contributed by atoms with E-state index in [1.807, 2.05) is 13.0 Å². The maximum absolute atomic E-state index is 12.0. The highest BCUT2D eigenvalue weighted by atomic mass is 16.4. The number of aliphatic hydroxyl groups is 3. The van der Waals surface area contributed by atoms with E-state index in [2.05, 4.69) is 6.92 Å². The number of ketones is 1. The molecule has 0 bridgehead atoms. The molecule has 5 N–H and O–H groups in total. The summed E-state index contributed by atoms with van der Waals surface area (Å²) in [5.74, 6) is -0.819. The molecule has 6 nitrogen and oxygen atoms in total. The zero-order valence-corrected chi connectivity index (χ0v) is 16.8. The number of hydrogen-bond donors (Lipinski definition) is 4. The lowest BCUT2D eigenvalue weighted by atomic mass is 9.45. The maximum Gasteiger partial charge on any atom is 0.252 e. The van der Waals surface area contributed by atoms with Gasteiger partial charge in [-0.25, -0.2) is 0 Å². The number of hydrogen-bond acceptors (Lipinski definition) is 5. The summed E-state index contributed by atoms with van der Waals surface area (Å²) in [5, 5.41) is 33.7. The van der Waals surface area contributed by atoms with Crippen molar-refractivity contribution in [1.29, 1.82) is 0 Å². The lowest BCUT2D eigenvalue weighted by Crippen LogP contribution is -2.69. The van der Waals surface area contributed by atoms with E-state index in [1.165, 1.54) is 6.92 Å². The Labute approximate surface area is 165 Å². The number of amides is 1. The van der Waals surface area contributed by atoms with Gasteiger partial charge in [-0.1, -0.05) is 25.5 Å². The first-order chi connectivity index (χ1) is 12.9. The van der Waals surface area contributed by atoms with Crippen LogP contribution < -0.4 is 5.73 Å². The summed E-state index contributed by atoms with van der Waals surface area (Å²) >= 11 is 0. The van der Waals surface area contributed by atoms with Crippen molar-refractivity contribution in [2.24, 2.45) is 34.3 Å². The molecular weight excluding hydrogens is 358 g/mol. The Balaban J connectivity index is 1.76. The largest absolute Gasteiger partial charge is 0.393 e. The van der Waals surface area contributed by atoms with Crippen LogP contribution in [-0.2, 0) is 9.59 Å². The van der Waals surface area contributed by atoms with Crippen LogP contribution in [0.5, 0.6) is 0 Å². The van der Waals surface area contributed by atoms with Gasteiger partial charge in [-0.3, -0.25) is 9.59 Å². The molecule has 1 amide bonds. The van der Waals surface area contributed by atoms with Gasteiger partial charge >= 0.3 is 0 Å². The van der Waals surface area contributed by atoms with Crippen LogP contribution in [0.1, 0.15) is 52.9 Å². The topological polar surface area (TPSA) is 121 Å². The second-order valence-electron chi connectivity index (χ2n) is 10.0. The van der Waals surface area contributed by atoms with Crippen molar-refractivity contribution in [2.75, 3.05) is 0 Å². The molecule has 4 aliphatic carbocycles. The summed E-state index contributed by atoms with van der Waals surface area (Å²) in [6.45, 7) is 5.26. The molecule has 4 rings (SSSR count). The summed E-state index contributed by atoms with van der Waals surface area (Å²) in [6.07, 6.45) is 7.34. The number of primary amides is 1. The first kappa shape index (κ1) is 19.8. The monoisotopic (exact) mass is 389 g/mol. The fraction of sp³-hybridized carbons (Fsp3) is 0.727. The van der Waals surface area contributed by atoms with Gasteiger partial charge in [-0.15, -0.1) is 0 Å². The summed E-state index contributed by atoms with van der Waals surface area (Å²) < 4.78 is 0. The van der Waals surface area contributed by atoms with Crippen molar-refractivity contribution in [1.82, 2.24) is 0 Å². The van der Waals surface area contributed by atoms with Crippen molar-refractivity contribution in [2.45, 2.75) is 70.2 Å². The Bertz CT molecular complexity index is 801. The van der Waals surface area contributed by atoms with Crippen molar-refractivity contribution in [3.63, 3.8) is 0 Å². The number of allylic oxidation sites excluding steroid dienone is 4. The molecule has 0 saturated heterocycles. The Morgan fingerprint density at radius 3 is 2.64 bits per heavy atom. The van der Waals surface area contributed by atoms with Crippen LogP contribution in [0, 0.1) is 28.6 Å². The molecule has 0 aromatic heterocycles. The number of aliphatic hydroxyl groups excluding tert-OH is 1. The van der Waals surface area contributed by atoms with Crippen LogP contribution in [0.25, 0.3) is 0 Å². The van der Waals surface area contributed by atoms with E-state index >= 15 is 0 Å². The zero-order valence-electron chi connectivity index (χ0n) is 16.8. The number of carbonyl (C=O) groups is 2. The highest BCUT2D eigenvalue weighted by Gasteiger charge is 2.71. The minimum Gasteiger partial charge on any atom is -0.393 e. The summed E-state index contributed by atoms with van der Waals surface area (Å²) in [7, 11) is 0. The predicted molar refractivity (Wildman–Crippen MR) is 103 cm³/mol. The Morgan fingerprint density at radius 1 is 1.32 bits per heavy atom. The number of rotatable bonds is 2. The molecule has 0 radical (unpaired) electrons. The maximum atomic E-state index is 12.0. The molecule has 0 aromatic carbocycles. The molecule has 3 saturated carbocycles. The van der Waals surface area contributed by atoms with Gasteiger partial charge in [0.05, 0.1) is 6.10 Å². The van der Waals surface area contributed by atoms with E-state index in [-0.39, 0.29) is 41.8 Å². The molecule has 28 heavy (non-hydrogen) atoms. The van der Waals surface area contributed by atoms with Crippen LogP contribution in [-0.4, -0.2) is 44.3 Å². The van der Waals surface area contributed by atoms with Crippen molar-refractivity contribution >= 4 is 11.7 Å². The number of carbonyl (C=O) groups excluding carboxylic acids is 2. The molecule has 1 unspecified atom stereocenters. The predicted octanol–water partition coefficient (Wildman–Crippen LogP) is 1.23. The van der Waals surface area contributed by atoms with Crippen molar-refractivity contribution < 1.29 is 24.9 Å². The van der Waals surface area contributed by atoms with E-state index in [0.717, 1.165) is 18.4 Å². The first-order valence-electron chi connectivity index (χ1n) is 10.3. The molecule has 8 atom stereocenters. The highest BCUT2D eigenvalue weighted by Crippen LogP contribution is 2.68. The van der Waals surface area contributed by atoms with Gasteiger partial charge < -0.3 is 21.1 Å². The smallest absolute Gasteiger partial charge is 0.252 e. The summed E-state index contributed by atoms with van der Waals surface area (Å²) in [4.78, 5) is 23.8. The molecule has 6 heteroatoms. The second-order valence-corrected chi connectivity index (χ2v) is 10.0. The lowest BCUT2D eigenvalue weighted by Gasteiger charge is -2.61. The third-order valence-electron chi connectivity index (χ3n) is 8.93. The molecule has 4 aliphatic rings. The summed E-state index contributed by atoms with van der Waals surface area (Å²) in [6, 6.07) is 0. The fourth-order valence-corrected chi connectivity index (χ4v) is 7.33. The molecule has 0 heterocycles. The third kappa shape index (κ3) is 2.20. The van der Waals surface area contributed by atoms with Gasteiger partial charge in [-0.2, -0.15) is 0 Å². The van der Waals surface area contributed by atoms with Gasteiger partial charge in [0.1, 0.15) is 5.60 Å². The lowest BCUT2D eigenvalue weighted by molar-refractivity contribution is -0.227. The molecule has 0 aromatic rings. The van der Waals surface area contributed by atoms with E-state index in [0.29, 0.717) is 6.42 Å². The molecular formula is C22H31NO5. The van der Waals surface area contributed by atoms with Gasteiger partial charge in [-0.05, 0) is 63.0 Å². The first-order valence-corrected chi connectivity index (χ1v) is 10.3. The Kier molecular flexibility index (Phi) is 4.08. The molecule has 3 fully saturated rings. The molecule has 0 aliphatic heterocycles. The van der Waals surface area contributed by atoms with E-state index in [4.69, 9.17) is 5.73 Å². The standard InChI is InChI=1S/C22H31NO5/c1-19-8-6-13(24)10-12(19)4-5-14-15-7-9-22(28,21(3,27)18(23)26)20(15,2)11-16(25)17(14)19/h6,8,10,14-17,25,27-28H,4-5,7,9,11H2,1-3H3,(H2,23,26)/t14-,15-,16-,17+,19-,20-,21?,22+/m0/s1. The van der Waals surface area contributed by atoms with Gasteiger partial charge in [0, 0.05) is 16.7 Å². The van der Waals surface area contributed by atoms with Crippen LogP contribution >= 0.6 is 0 Å². The SMILES string of the molecule is CC(O)(C(N)=O)[C@@]1(O)CC[C@H]2[C@@H]3CCC4=CC(=O)C=C[C@]4(C)[C@H]3[C@@H](O)C[C@@]21C. The van der Waals surface area contributed by atoms with Crippen molar-refractivity contribution in [3.8, 4) is 0 Å².